The average Bonchev–Trinajstić information content (AvgIpc) is 2.37. The number of halogens is 1. The summed E-state index contributed by atoms with van der Waals surface area (Å²) in [7, 11) is 0. The molecule has 0 atom stereocenters. The fourth-order valence-electron chi connectivity index (χ4n) is 1.34. The highest BCUT2D eigenvalue weighted by Gasteiger charge is 2.12. The molecular formula is C12H9FN4O. The number of anilines is 1. The third kappa shape index (κ3) is 2.20. The van der Waals surface area contributed by atoms with Gasteiger partial charge in [-0.1, -0.05) is 0 Å². The molecule has 1 heterocycles. The Kier molecular flexibility index (Phi) is 3.06. The lowest BCUT2D eigenvalue weighted by Gasteiger charge is -2.08. The van der Waals surface area contributed by atoms with E-state index in [-0.39, 0.29) is 22.9 Å². The van der Waals surface area contributed by atoms with Gasteiger partial charge in [-0.2, -0.15) is 14.6 Å². The molecule has 0 aliphatic heterocycles. The van der Waals surface area contributed by atoms with Gasteiger partial charge in [0.1, 0.15) is 18.1 Å². The van der Waals surface area contributed by atoms with Crippen LogP contribution in [-0.4, -0.2) is 9.97 Å². The molecule has 6 heteroatoms. The van der Waals surface area contributed by atoms with Crippen LogP contribution in [-0.2, 0) is 0 Å². The first-order valence-electron chi connectivity index (χ1n) is 5.06. The van der Waals surface area contributed by atoms with Gasteiger partial charge in [0.2, 0.25) is 5.82 Å². The summed E-state index contributed by atoms with van der Waals surface area (Å²) in [5.74, 6) is -0.675. The summed E-state index contributed by atoms with van der Waals surface area (Å²) < 4.78 is 18.9. The van der Waals surface area contributed by atoms with E-state index < -0.39 is 5.82 Å². The van der Waals surface area contributed by atoms with Crippen LogP contribution in [0.5, 0.6) is 11.6 Å². The zero-order chi connectivity index (χ0) is 13.1. The highest BCUT2D eigenvalue weighted by atomic mass is 19.1. The minimum Gasteiger partial charge on any atom is -0.435 e. The van der Waals surface area contributed by atoms with Crippen LogP contribution in [0.1, 0.15) is 11.3 Å². The highest BCUT2D eigenvalue weighted by Crippen LogP contribution is 2.27. The normalized spacial score (nSPS) is 9.83. The zero-order valence-corrected chi connectivity index (χ0v) is 9.51. The van der Waals surface area contributed by atoms with Crippen molar-refractivity contribution in [3.63, 3.8) is 0 Å². The van der Waals surface area contributed by atoms with E-state index in [1.165, 1.54) is 25.4 Å². The van der Waals surface area contributed by atoms with E-state index in [0.29, 0.717) is 5.69 Å². The Morgan fingerprint density at radius 2 is 2.17 bits per heavy atom. The fraction of sp³-hybridized carbons (Fsp3) is 0.0833. The second-order valence-corrected chi connectivity index (χ2v) is 3.55. The van der Waals surface area contributed by atoms with Crippen LogP contribution in [0.3, 0.4) is 0 Å². The molecule has 5 nitrogen and oxygen atoms in total. The van der Waals surface area contributed by atoms with Crippen molar-refractivity contribution in [2.45, 2.75) is 6.92 Å². The van der Waals surface area contributed by atoms with Crippen molar-refractivity contribution in [2.24, 2.45) is 0 Å². The third-order valence-electron chi connectivity index (χ3n) is 2.26. The summed E-state index contributed by atoms with van der Waals surface area (Å²) in [5, 5.41) is 8.93. The van der Waals surface area contributed by atoms with Gasteiger partial charge in [-0.05, 0) is 25.1 Å². The van der Waals surface area contributed by atoms with Gasteiger partial charge in [-0.25, -0.2) is 4.98 Å². The maximum atomic E-state index is 13.6. The number of hydrogen-bond acceptors (Lipinski definition) is 5. The number of nitrogens with two attached hydrogens (primary N) is 1. The molecule has 90 valence electrons. The zero-order valence-electron chi connectivity index (χ0n) is 9.51. The van der Waals surface area contributed by atoms with Gasteiger partial charge in [0, 0.05) is 5.69 Å². The number of nitriles is 1. The summed E-state index contributed by atoms with van der Waals surface area (Å²) >= 11 is 0. The average molecular weight is 244 g/mol. The Labute approximate surface area is 103 Å². The second-order valence-electron chi connectivity index (χ2n) is 3.55. The fourth-order valence-corrected chi connectivity index (χ4v) is 1.34. The van der Waals surface area contributed by atoms with Crippen LogP contribution in [0.2, 0.25) is 0 Å². The Morgan fingerprint density at radius 1 is 1.39 bits per heavy atom. The van der Waals surface area contributed by atoms with Crippen molar-refractivity contribution in [3.8, 4) is 17.7 Å². The SMILES string of the molecule is Cc1ncnc(Oc2ccc(N)cc2C#N)c1F. The van der Waals surface area contributed by atoms with E-state index in [1.807, 2.05) is 6.07 Å². The van der Waals surface area contributed by atoms with Gasteiger partial charge in [0.25, 0.3) is 5.88 Å². The quantitative estimate of drug-likeness (QED) is 0.818. The van der Waals surface area contributed by atoms with Crippen molar-refractivity contribution in [1.29, 1.82) is 5.26 Å². The van der Waals surface area contributed by atoms with Crippen molar-refractivity contribution in [3.05, 3.63) is 41.6 Å². The molecule has 0 bridgehead atoms. The summed E-state index contributed by atoms with van der Waals surface area (Å²) in [4.78, 5) is 7.37. The molecule has 0 aliphatic rings. The second kappa shape index (κ2) is 4.67. The molecule has 2 aromatic rings. The topological polar surface area (TPSA) is 84.8 Å². The summed E-state index contributed by atoms with van der Waals surface area (Å²) in [6.45, 7) is 1.50. The van der Waals surface area contributed by atoms with Crippen molar-refractivity contribution in [2.75, 3.05) is 5.73 Å². The van der Waals surface area contributed by atoms with E-state index in [2.05, 4.69) is 9.97 Å². The van der Waals surface area contributed by atoms with Gasteiger partial charge in [0.15, 0.2) is 0 Å². The largest absolute Gasteiger partial charge is 0.435 e. The van der Waals surface area contributed by atoms with Gasteiger partial charge in [-0.3, -0.25) is 0 Å². The molecule has 0 saturated heterocycles. The maximum absolute atomic E-state index is 13.6. The predicted molar refractivity (Wildman–Crippen MR) is 62.4 cm³/mol. The first-order valence-corrected chi connectivity index (χ1v) is 5.06. The number of rotatable bonds is 2. The standard InChI is InChI=1S/C12H9FN4O/c1-7-11(13)12(17-6-16-7)18-10-3-2-9(15)4-8(10)5-14/h2-4,6H,15H2,1H3. The monoisotopic (exact) mass is 244 g/mol. The lowest BCUT2D eigenvalue weighted by molar-refractivity contribution is 0.416. The van der Waals surface area contributed by atoms with E-state index in [4.69, 9.17) is 15.7 Å². The minimum atomic E-state index is -0.654. The molecule has 1 aromatic heterocycles. The van der Waals surface area contributed by atoms with Crippen molar-refractivity contribution in [1.82, 2.24) is 9.97 Å². The van der Waals surface area contributed by atoms with Gasteiger partial charge in [0.05, 0.1) is 11.3 Å². The predicted octanol–water partition coefficient (Wildman–Crippen LogP) is 2.17. The van der Waals surface area contributed by atoms with Crippen LogP contribution in [0.15, 0.2) is 24.5 Å². The molecule has 2 N–H and O–H groups in total. The molecule has 1 aromatic carbocycles. The number of aryl methyl sites for hydroxylation is 1. The molecule has 0 spiro atoms. The lowest BCUT2D eigenvalue weighted by atomic mass is 10.2. The first-order chi connectivity index (χ1) is 8.61. The molecule has 0 radical (unpaired) electrons. The van der Waals surface area contributed by atoms with E-state index >= 15 is 0 Å². The first kappa shape index (κ1) is 11.8. The highest BCUT2D eigenvalue weighted by molar-refractivity contribution is 5.53. The number of ether oxygens (including phenoxy) is 1. The van der Waals surface area contributed by atoms with E-state index in [9.17, 15) is 4.39 Å². The van der Waals surface area contributed by atoms with Crippen molar-refractivity contribution < 1.29 is 9.13 Å². The number of nitrogen functional groups attached to an aromatic ring is 1. The van der Waals surface area contributed by atoms with Gasteiger partial charge in [-0.15, -0.1) is 0 Å². The molecule has 18 heavy (non-hydrogen) atoms. The van der Waals surface area contributed by atoms with Gasteiger partial charge >= 0.3 is 0 Å². The third-order valence-corrected chi connectivity index (χ3v) is 2.26. The molecule has 0 aliphatic carbocycles. The molecule has 0 saturated carbocycles. The Morgan fingerprint density at radius 3 is 2.89 bits per heavy atom. The maximum Gasteiger partial charge on any atom is 0.259 e. The summed E-state index contributed by atoms with van der Waals surface area (Å²) in [6.07, 6.45) is 1.19. The minimum absolute atomic E-state index is 0.175. The smallest absolute Gasteiger partial charge is 0.259 e. The lowest BCUT2D eigenvalue weighted by Crippen LogP contribution is -1.98. The Balaban J connectivity index is 2.41. The number of aromatic nitrogens is 2. The number of hydrogen-bond donors (Lipinski definition) is 1. The van der Waals surface area contributed by atoms with E-state index in [1.54, 1.807) is 6.07 Å². The van der Waals surface area contributed by atoms with E-state index in [0.717, 1.165) is 0 Å². The van der Waals surface area contributed by atoms with Crippen LogP contribution in [0.25, 0.3) is 0 Å². The molecule has 0 unspecified atom stereocenters. The Bertz CT molecular complexity index is 636. The van der Waals surface area contributed by atoms with Crippen LogP contribution < -0.4 is 10.5 Å². The Hall–Kier alpha value is -2.68. The summed E-state index contributed by atoms with van der Waals surface area (Å²) in [5.41, 5.74) is 6.36. The van der Waals surface area contributed by atoms with Crippen LogP contribution >= 0.6 is 0 Å². The number of benzene rings is 1. The van der Waals surface area contributed by atoms with Gasteiger partial charge < -0.3 is 10.5 Å². The molecule has 0 fully saturated rings. The molecular weight excluding hydrogens is 235 g/mol. The number of nitrogens with zero attached hydrogens (tertiary/aromatic N) is 3. The summed E-state index contributed by atoms with van der Waals surface area (Å²) in [6, 6.07) is 6.41. The van der Waals surface area contributed by atoms with Crippen LogP contribution in [0.4, 0.5) is 10.1 Å². The van der Waals surface area contributed by atoms with Crippen molar-refractivity contribution >= 4 is 5.69 Å². The van der Waals surface area contributed by atoms with Crippen LogP contribution in [0, 0.1) is 24.1 Å². The molecule has 2 rings (SSSR count). The molecule has 0 amide bonds.